The number of amides is 1. The first kappa shape index (κ1) is 10.9. The average Bonchev–Trinajstić information content (AvgIpc) is 3.10. The quantitative estimate of drug-likeness (QED) is 0.683. The third kappa shape index (κ3) is 3.18. The second-order valence-electron chi connectivity index (χ2n) is 4.62. The minimum Gasteiger partial charge on any atom is -0.317 e. The van der Waals surface area contributed by atoms with Crippen LogP contribution in [0.2, 0.25) is 0 Å². The van der Waals surface area contributed by atoms with Crippen molar-refractivity contribution in [1.29, 1.82) is 0 Å². The Kier molecular flexibility index (Phi) is 3.59. The molecule has 2 N–H and O–H groups in total. The molecule has 0 unspecified atom stereocenters. The summed E-state index contributed by atoms with van der Waals surface area (Å²) in [5, 5.41) is 3.27. The zero-order chi connectivity index (χ0) is 10.7. The molecule has 2 aliphatic rings. The van der Waals surface area contributed by atoms with Gasteiger partial charge in [0.25, 0.3) is 0 Å². The van der Waals surface area contributed by atoms with Crippen LogP contribution in [0.3, 0.4) is 0 Å². The van der Waals surface area contributed by atoms with Crippen LogP contribution in [0.15, 0.2) is 0 Å². The topological polar surface area (TPSA) is 50.4 Å². The van der Waals surface area contributed by atoms with Crippen molar-refractivity contribution in [2.45, 2.75) is 50.7 Å². The van der Waals surface area contributed by atoms with Crippen molar-refractivity contribution >= 4 is 5.91 Å². The molecule has 0 saturated heterocycles. The van der Waals surface area contributed by atoms with Gasteiger partial charge in [0.15, 0.2) is 0 Å². The van der Waals surface area contributed by atoms with E-state index in [4.69, 9.17) is 4.84 Å². The lowest BCUT2D eigenvalue weighted by atomic mass is 9.93. The predicted octanol–water partition coefficient (Wildman–Crippen LogP) is 0.975. The predicted molar refractivity (Wildman–Crippen MR) is 57.1 cm³/mol. The third-order valence-corrected chi connectivity index (χ3v) is 3.36. The maximum atomic E-state index is 11.3. The van der Waals surface area contributed by atoms with E-state index in [0.29, 0.717) is 6.04 Å². The lowest BCUT2D eigenvalue weighted by molar-refractivity contribution is -0.141. The number of hydrogen-bond acceptors (Lipinski definition) is 3. The Morgan fingerprint density at radius 2 is 1.80 bits per heavy atom. The van der Waals surface area contributed by atoms with Crippen LogP contribution in [-0.4, -0.2) is 25.1 Å². The monoisotopic (exact) mass is 212 g/mol. The smallest absolute Gasteiger partial charge is 0.246 e. The molecule has 0 heterocycles. The second-order valence-corrected chi connectivity index (χ2v) is 4.62. The molecule has 0 bridgehead atoms. The van der Waals surface area contributed by atoms with Crippen molar-refractivity contribution < 1.29 is 9.63 Å². The van der Waals surface area contributed by atoms with E-state index in [0.717, 1.165) is 38.5 Å². The fraction of sp³-hybridized carbons (Fsp3) is 0.909. The maximum Gasteiger partial charge on any atom is 0.246 e. The Hall–Kier alpha value is -0.610. The highest BCUT2D eigenvalue weighted by molar-refractivity contribution is 5.79. The van der Waals surface area contributed by atoms with E-state index in [-0.39, 0.29) is 17.9 Å². The lowest BCUT2D eigenvalue weighted by Gasteiger charge is -2.27. The molecule has 2 saturated carbocycles. The van der Waals surface area contributed by atoms with Gasteiger partial charge in [0.05, 0.1) is 6.10 Å². The summed E-state index contributed by atoms with van der Waals surface area (Å²) in [4.78, 5) is 16.7. The first-order valence-electron chi connectivity index (χ1n) is 5.92. The molecule has 0 aromatic heterocycles. The van der Waals surface area contributed by atoms with Gasteiger partial charge in [-0.05, 0) is 45.6 Å². The number of rotatable bonds is 4. The van der Waals surface area contributed by atoms with Gasteiger partial charge in [-0.2, -0.15) is 0 Å². The Bertz CT molecular complexity index is 221. The van der Waals surface area contributed by atoms with Crippen molar-refractivity contribution in [2.24, 2.45) is 5.92 Å². The van der Waals surface area contributed by atoms with Gasteiger partial charge >= 0.3 is 0 Å². The van der Waals surface area contributed by atoms with Gasteiger partial charge in [0, 0.05) is 12.0 Å². The molecule has 0 atom stereocenters. The largest absolute Gasteiger partial charge is 0.317 e. The molecular weight excluding hydrogens is 192 g/mol. The molecule has 2 aliphatic carbocycles. The molecular formula is C11H20N2O2. The summed E-state index contributed by atoms with van der Waals surface area (Å²) in [6.07, 6.45) is 6.63. The summed E-state index contributed by atoms with van der Waals surface area (Å²) >= 11 is 0. The summed E-state index contributed by atoms with van der Waals surface area (Å²) in [7, 11) is 2.00. The zero-order valence-electron chi connectivity index (χ0n) is 9.29. The molecule has 2 rings (SSSR count). The van der Waals surface area contributed by atoms with Gasteiger partial charge in [0.1, 0.15) is 0 Å². The minimum absolute atomic E-state index is 0.0748. The van der Waals surface area contributed by atoms with E-state index in [2.05, 4.69) is 10.8 Å². The van der Waals surface area contributed by atoms with E-state index in [1.54, 1.807) is 0 Å². The Morgan fingerprint density at radius 1 is 1.13 bits per heavy atom. The second kappa shape index (κ2) is 4.94. The highest BCUT2D eigenvalue weighted by atomic mass is 16.7. The van der Waals surface area contributed by atoms with Gasteiger partial charge in [-0.15, -0.1) is 0 Å². The van der Waals surface area contributed by atoms with Crippen LogP contribution in [0, 0.1) is 5.92 Å². The molecule has 4 nitrogen and oxygen atoms in total. The average molecular weight is 212 g/mol. The van der Waals surface area contributed by atoms with Gasteiger partial charge < -0.3 is 5.32 Å². The van der Waals surface area contributed by atoms with Gasteiger partial charge in [0.2, 0.25) is 5.91 Å². The Morgan fingerprint density at radius 3 is 2.33 bits per heavy atom. The van der Waals surface area contributed by atoms with E-state index in [1.807, 2.05) is 7.05 Å². The number of hydrogen-bond donors (Lipinski definition) is 2. The summed E-state index contributed by atoms with van der Waals surface area (Å²) in [5.74, 6) is 0.310. The molecule has 2 fully saturated rings. The maximum absolute atomic E-state index is 11.3. The molecule has 86 valence electrons. The summed E-state index contributed by atoms with van der Waals surface area (Å²) in [6, 6.07) is 0.629. The van der Waals surface area contributed by atoms with Crippen molar-refractivity contribution in [2.75, 3.05) is 7.05 Å². The number of hydroxylamine groups is 1. The van der Waals surface area contributed by atoms with Gasteiger partial charge in [-0.3, -0.25) is 9.63 Å². The summed E-state index contributed by atoms with van der Waals surface area (Å²) in [5.41, 5.74) is 2.59. The zero-order valence-corrected chi connectivity index (χ0v) is 9.29. The van der Waals surface area contributed by atoms with Crippen molar-refractivity contribution in [1.82, 2.24) is 10.8 Å². The number of nitrogens with one attached hydrogen (secondary N) is 2. The van der Waals surface area contributed by atoms with Gasteiger partial charge in [-0.1, -0.05) is 0 Å². The molecule has 0 aromatic rings. The summed E-state index contributed by atoms with van der Waals surface area (Å²) < 4.78 is 0. The van der Waals surface area contributed by atoms with E-state index < -0.39 is 0 Å². The Labute approximate surface area is 90.7 Å². The summed E-state index contributed by atoms with van der Waals surface area (Å²) in [6.45, 7) is 0. The van der Waals surface area contributed by atoms with Gasteiger partial charge in [-0.25, -0.2) is 5.48 Å². The van der Waals surface area contributed by atoms with Crippen molar-refractivity contribution in [3.63, 3.8) is 0 Å². The minimum atomic E-state index is 0.0748. The highest BCUT2D eigenvalue weighted by Crippen LogP contribution is 2.29. The Balaban J connectivity index is 1.61. The van der Waals surface area contributed by atoms with E-state index >= 15 is 0 Å². The van der Waals surface area contributed by atoms with Crippen LogP contribution in [0.1, 0.15) is 38.5 Å². The number of carbonyl (C=O) groups excluding carboxylic acids is 1. The molecule has 0 aliphatic heterocycles. The first-order valence-corrected chi connectivity index (χ1v) is 5.92. The first-order chi connectivity index (χ1) is 7.29. The third-order valence-electron chi connectivity index (χ3n) is 3.36. The molecule has 0 radical (unpaired) electrons. The molecule has 1 amide bonds. The van der Waals surface area contributed by atoms with Crippen molar-refractivity contribution in [3.05, 3.63) is 0 Å². The fourth-order valence-corrected chi connectivity index (χ4v) is 2.04. The molecule has 4 heteroatoms. The number of carbonyl (C=O) groups is 1. The van der Waals surface area contributed by atoms with Crippen LogP contribution >= 0.6 is 0 Å². The van der Waals surface area contributed by atoms with Crippen LogP contribution in [-0.2, 0) is 9.63 Å². The standard InChI is InChI=1S/C11H20N2O2/c1-12-9-4-6-10(7-5-9)15-13-11(14)8-2-3-8/h8-10,12H,2-7H2,1H3,(H,13,14). The van der Waals surface area contributed by atoms with Crippen LogP contribution in [0.25, 0.3) is 0 Å². The highest BCUT2D eigenvalue weighted by Gasteiger charge is 2.30. The molecule has 0 aromatic carbocycles. The fourth-order valence-electron chi connectivity index (χ4n) is 2.04. The molecule has 0 spiro atoms. The van der Waals surface area contributed by atoms with Crippen LogP contribution in [0.4, 0.5) is 0 Å². The van der Waals surface area contributed by atoms with Crippen LogP contribution in [0.5, 0.6) is 0 Å². The van der Waals surface area contributed by atoms with E-state index in [9.17, 15) is 4.79 Å². The van der Waals surface area contributed by atoms with Crippen molar-refractivity contribution in [3.8, 4) is 0 Å². The lowest BCUT2D eigenvalue weighted by Crippen LogP contribution is -2.37. The van der Waals surface area contributed by atoms with E-state index in [1.165, 1.54) is 0 Å². The SMILES string of the molecule is CNC1CCC(ONC(=O)C2CC2)CC1. The van der Waals surface area contributed by atoms with Crippen LogP contribution < -0.4 is 10.8 Å². The normalized spacial score (nSPS) is 31.3. The molecule has 15 heavy (non-hydrogen) atoms.